The van der Waals surface area contributed by atoms with Crippen molar-refractivity contribution in [3.8, 4) is 0 Å². The van der Waals surface area contributed by atoms with E-state index in [1.54, 1.807) is 0 Å². The molecule has 20 heavy (non-hydrogen) atoms. The Kier molecular flexibility index (Phi) is 3.81. The molecule has 0 bridgehead atoms. The Bertz CT molecular complexity index is 591. The molecular formula is C10H12FN3O6. The van der Waals surface area contributed by atoms with E-state index in [0.29, 0.717) is 10.8 Å². The summed E-state index contributed by atoms with van der Waals surface area (Å²) in [5, 5.41) is 28.3. The first-order chi connectivity index (χ1) is 9.36. The number of carbonyl (C=O) groups is 1. The van der Waals surface area contributed by atoms with Gasteiger partial charge in [-0.15, -0.1) is 0 Å². The van der Waals surface area contributed by atoms with Crippen molar-refractivity contribution in [2.75, 3.05) is 6.61 Å². The average Bonchev–Trinajstić information content (AvgIpc) is 2.68. The van der Waals surface area contributed by atoms with Gasteiger partial charge in [0.15, 0.2) is 11.9 Å². The van der Waals surface area contributed by atoms with Crippen molar-refractivity contribution in [3.63, 3.8) is 0 Å². The number of nitrogens with two attached hydrogens (primary N) is 1. The van der Waals surface area contributed by atoms with Gasteiger partial charge in [-0.2, -0.15) is 4.39 Å². The molecule has 0 saturated carbocycles. The number of aromatic nitrogens is 2. The van der Waals surface area contributed by atoms with Crippen molar-refractivity contribution in [2.24, 2.45) is 5.73 Å². The maximum atomic E-state index is 13.3. The van der Waals surface area contributed by atoms with Crippen molar-refractivity contribution in [1.29, 1.82) is 0 Å². The fourth-order valence-corrected chi connectivity index (χ4v) is 1.94. The third-order valence-electron chi connectivity index (χ3n) is 2.93. The van der Waals surface area contributed by atoms with Gasteiger partial charge in [0.25, 0.3) is 11.5 Å². The molecule has 0 unspecified atom stereocenters. The van der Waals surface area contributed by atoms with E-state index < -0.39 is 54.3 Å². The first-order valence-electron chi connectivity index (χ1n) is 5.57. The van der Waals surface area contributed by atoms with Gasteiger partial charge >= 0.3 is 0 Å². The van der Waals surface area contributed by atoms with E-state index in [1.807, 2.05) is 0 Å². The molecule has 0 aliphatic carbocycles. The Balaban J connectivity index is 2.49. The van der Waals surface area contributed by atoms with Crippen LogP contribution in [0.2, 0.25) is 0 Å². The summed E-state index contributed by atoms with van der Waals surface area (Å²) in [5.74, 6) is -2.42. The summed E-state index contributed by atoms with van der Waals surface area (Å²) in [4.78, 5) is 26.0. The van der Waals surface area contributed by atoms with Crippen LogP contribution in [0.15, 0.2) is 11.0 Å². The summed E-state index contributed by atoms with van der Waals surface area (Å²) < 4.78 is 18.9. The quantitative estimate of drug-likeness (QED) is 0.466. The minimum absolute atomic E-state index is 0.561. The number of ether oxygens (including phenoxy) is 1. The Hall–Kier alpha value is -1.88. The first-order valence-corrected chi connectivity index (χ1v) is 5.57. The second-order valence-corrected chi connectivity index (χ2v) is 4.22. The van der Waals surface area contributed by atoms with Crippen LogP contribution in [0.4, 0.5) is 4.39 Å². The van der Waals surface area contributed by atoms with Gasteiger partial charge in [-0.3, -0.25) is 14.2 Å². The fourth-order valence-electron chi connectivity index (χ4n) is 1.94. The van der Waals surface area contributed by atoms with Crippen molar-refractivity contribution in [2.45, 2.75) is 24.5 Å². The number of halogens is 1. The number of nitrogens with zero attached hydrogens (tertiary/aromatic N) is 2. The van der Waals surface area contributed by atoms with Gasteiger partial charge in [0.05, 0.1) is 12.8 Å². The highest BCUT2D eigenvalue weighted by atomic mass is 19.1. The maximum Gasteiger partial charge on any atom is 0.284 e. The van der Waals surface area contributed by atoms with E-state index >= 15 is 0 Å². The van der Waals surface area contributed by atoms with E-state index in [0.717, 1.165) is 0 Å². The zero-order valence-corrected chi connectivity index (χ0v) is 10.0. The van der Waals surface area contributed by atoms with Gasteiger partial charge in [0, 0.05) is 0 Å². The van der Waals surface area contributed by atoms with Gasteiger partial charge in [0.1, 0.15) is 18.3 Å². The van der Waals surface area contributed by atoms with Gasteiger partial charge in [-0.1, -0.05) is 0 Å². The Morgan fingerprint density at radius 1 is 1.50 bits per heavy atom. The summed E-state index contributed by atoms with van der Waals surface area (Å²) in [5.41, 5.74) is 2.96. The van der Waals surface area contributed by atoms with Crippen LogP contribution in [0, 0.1) is 5.95 Å². The Labute approximate surface area is 111 Å². The highest BCUT2D eigenvalue weighted by Crippen LogP contribution is 2.28. The van der Waals surface area contributed by atoms with Crippen LogP contribution < -0.4 is 11.3 Å². The minimum atomic E-state index is -1.59. The molecule has 1 aromatic rings. The zero-order chi connectivity index (χ0) is 15.0. The summed E-state index contributed by atoms with van der Waals surface area (Å²) in [6.07, 6.45) is -5.06. The standard InChI is InChI=1S/C10H12FN3O6/c11-4-1-14(9(19)5(13-4)8(12)18)10-7(17)6(16)3(2-15)20-10/h1,3,6-7,10,15-17H,2H2,(H2,12,18)/t3-,6+,7+,10-/m1/s1. The van der Waals surface area contributed by atoms with Crippen molar-refractivity contribution >= 4 is 5.91 Å². The van der Waals surface area contributed by atoms with Crippen molar-refractivity contribution in [3.05, 3.63) is 28.2 Å². The molecule has 110 valence electrons. The lowest BCUT2D eigenvalue weighted by Crippen LogP contribution is -2.38. The highest BCUT2D eigenvalue weighted by Gasteiger charge is 2.44. The highest BCUT2D eigenvalue weighted by molar-refractivity contribution is 5.90. The number of rotatable bonds is 3. The van der Waals surface area contributed by atoms with Crippen LogP contribution >= 0.6 is 0 Å². The summed E-state index contributed by atoms with van der Waals surface area (Å²) in [6.45, 7) is -0.611. The van der Waals surface area contributed by atoms with E-state index in [2.05, 4.69) is 4.98 Å². The van der Waals surface area contributed by atoms with Crippen molar-refractivity contribution < 1.29 is 29.2 Å². The molecule has 5 N–H and O–H groups in total. The number of hydrogen-bond donors (Lipinski definition) is 4. The number of carbonyl (C=O) groups excluding carboxylic acids is 1. The lowest BCUT2D eigenvalue weighted by Gasteiger charge is -2.17. The Morgan fingerprint density at radius 2 is 2.15 bits per heavy atom. The van der Waals surface area contributed by atoms with Crippen LogP contribution in [-0.2, 0) is 4.74 Å². The molecule has 0 aromatic carbocycles. The molecule has 1 aliphatic heterocycles. The SMILES string of the molecule is NC(=O)c1nc(F)cn([C@@H]2O[C@H](CO)[C@H](O)[C@@H]2O)c1=O. The fraction of sp³-hybridized carbons (Fsp3) is 0.500. The lowest BCUT2D eigenvalue weighted by atomic mass is 10.1. The molecule has 2 heterocycles. The number of primary amides is 1. The number of hydrogen-bond acceptors (Lipinski definition) is 7. The second-order valence-electron chi connectivity index (χ2n) is 4.22. The monoisotopic (exact) mass is 289 g/mol. The van der Waals surface area contributed by atoms with Crippen LogP contribution in [0.1, 0.15) is 16.7 Å². The smallest absolute Gasteiger partial charge is 0.284 e. The average molecular weight is 289 g/mol. The number of aliphatic hydroxyl groups is 3. The van der Waals surface area contributed by atoms with E-state index in [4.69, 9.17) is 15.6 Å². The van der Waals surface area contributed by atoms with Crippen molar-refractivity contribution in [1.82, 2.24) is 9.55 Å². The predicted octanol–water partition coefficient (Wildman–Crippen LogP) is -2.91. The molecule has 1 fully saturated rings. The molecule has 4 atom stereocenters. The van der Waals surface area contributed by atoms with Crippen LogP contribution in [0.5, 0.6) is 0 Å². The minimum Gasteiger partial charge on any atom is -0.394 e. The molecular weight excluding hydrogens is 277 g/mol. The van der Waals surface area contributed by atoms with E-state index in [1.165, 1.54) is 0 Å². The zero-order valence-electron chi connectivity index (χ0n) is 10.0. The summed E-state index contributed by atoms with van der Waals surface area (Å²) >= 11 is 0. The number of amides is 1. The molecule has 1 amide bonds. The van der Waals surface area contributed by atoms with Gasteiger partial charge < -0.3 is 25.8 Å². The second kappa shape index (κ2) is 5.25. The predicted molar refractivity (Wildman–Crippen MR) is 60.0 cm³/mol. The largest absolute Gasteiger partial charge is 0.394 e. The van der Waals surface area contributed by atoms with Crippen LogP contribution in [-0.4, -0.2) is 55.7 Å². The molecule has 2 rings (SSSR count). The van der Waals surface area contributed by atoms with Gasteiger partial charge in [-0.25, -0.2) is 4.98 Å². The Morgan fingerprint density at radius 3 is 2.65 bits per heavy atom. The number of aliphatic hydroxyl groups excluding tert-OH is 3. The molecule has 0 spiro atoms. The molecule has 1 saturated heterocycles. The maximum absolute atomic E-state index is 13.3. The molecule has 9 nitrogen and oxygen atoms in total. The molecule has 1 aromatic heterocycles. The van der Waals surface area contributed by atoms with Crippen LogP contribution in [0.25, 0.3) is 0 Å². The van der Waals surface area contributed by atoms with Gasteiger partial charge in [0.2, 0.25) is 5.95 Å². The molecule has 10 heteroatoms. The topological polar surface area (TPSA) is 148 Å². The van der Waals surface area contributed by atoms with E-state index in [-0.39, 0.29) is 0 Å². The van der Waals surface area contributed by atoms with E-state index in [9.17, 15) is 24.2 Å². The lowest BCUT2D eigenvalue weighted by molar-refractivity contribution is -0.0550. The first kappa shape index (κ1) is 14.5. The summed E-state index contributed by atoms with van der Waals surface area (Å²) in [6, 6.07) is 0. The summed E-state index contributed by atoms with van der Waals surface area (Å²) in [7, 11) is 0. The van der Waals surface area contributed by atoms with Gasteiger partial charge in [-0.05, 0) is 0 Å². The normalized spacial score (nSPS) is 29.6. The third kappa shape index (κ3) is 2.29. The molecule has 0 radical (unpaired) electrons. The third-order valence-corrected chi connectivity index (χ3v) is 2.93. The van der Waals surface area contributed by atoms with Crippen LogP contribution in [0.3, 0.4) is 0 Å². The molecule has 1 aliphatic rings.